The Morgan fingerprint density at radius 1 is 1.30 bits per heavy atom. The van der Waals surface area contributed by atoms with Crippen molar-refractivity contribution in [1.82, 2.24) is 4.90 Å². The van der Waals surface area contributed by atoms with Gasteiger partial charge < -0.3 is 4.90 Å². The fraction of sp³-hybridized carbons (Fsp3) is 0.643. The van der Waals surface area contributed by atoms with Gasteiger partial charge in [0.25, 0.3) is 0 Å². The van der Waals surface area contributed by atoms with Crippen molar-refractivity contribution in [1.29, 1.82) is 0 Å². The molecule has 0 aromatic carbocycles. The van der Waals surface area contributed by atoms with Gasteiger partial charge in [-0.1, -0.05) is 6.07 Å². The zero-order chi connectivity index (χ0) is 14.2. The number of hydrogen-bond donors (Lipinski definition) is 0. The first-order valence-electron chi connectivity index (χ1n) is 7.09. The summed E-state index contributed by atoms with van der Waals surface area (Å²) in [5.74, 6) is 0.774. The topological polar surface area (TPSA) is 54.5 Å². The summed E-state index contributed by atoms with van der Waals surface area (Å²) >= 11 is 1.49. The molecule has 1 amide bonds. The fourth-order valence-electron chi connectivity index (χ4n) is 2.69. The maximum Gasteiger partial charge on any atom is 0.222 e. The highest BCUT2D eigenvalue weighted by molar-refractivity contribution is 7.91. The first kappa shape index (κ1) is 14.1. The van der Waals surface area contributed by atoms with E-state index in [9.17, 15) is 13.2 Å². The Kier molecular flexibility index (Phi) is 3.86. The molecule has 0 bridgehead atoms. The molecule has 2 fully saturated rings. The summed E-state index contributed by atoms with van der Waals surface area (Å²) in [6.45, 7) is 0.920. The number of sulfone groups is 1. The lowest BCUT2D eigenvalue weighted by Gasteiger charge is -2.19. The van der Waals surface area contributed by atoms with E-state index in [0.29, 0.717) is 31.8 Å². The lowest BCUT2D eigenvalue weighted by atomic mass is 10.2. The van der Waals surface area contributed by atoms with Crippen LogP contribution in [0.25, 0.3) is 0 Å². The SMILES string of the molecule is O=C(CC1CC1)N1CCC(c2cccs2)S(=O)(=O)CC1. The Morgan fingerprint density at radius 2 is 2.10 bits per heavy atom. The molecule has 0 radical (unpaired) electrons. The number of thiophene rings is 1. The highest BCUT2D eigenvalue weighted by Gasteiger charge is 2.34. The highest BCUT2D eigenvalue weighted by Crippen LogP contribution is 2.35. The Labute approximate surface area is 123 Å². The van der Waals surface area contributed by atoms with Crippen molar-refractivity contribution in [3.05, 3.63) is 22.4 Å². The Bertz CT molecular complexity index is 576. The maximum absolute atomic E-state index is 12.4. The first-order chi connectivity index (χ1) is 9.56. The van der Waals surface area contributed by atoms with Gasteiger partial charge in [0.1, 0.15) is 0 Å². The van der Waals surface area contributed by atoms with Crippen LogP contribution in [-0.2, 0) is 14.6 Å². The molecule has 1 aromatic heterocycles. The molecule has 3 rings (SSSR count). The molecule has 1 saturated heterocycles. The molecule has 1 aromatic rings. The molecule has 0 spiro atoms. The van der Waals surface area contributed by atoms with Crippen LogP contribution in [0.4, 0.5) is 0 Å². The van der Waals surface area contributed by atoms with Crippen LogP contribution in [0.5, 0.6) is 0 Å². The normalized spacial score (nSPS) is 26.2. The van der Waals surface area contributed by atoms with Crippen molar-refractivity contribution in [3.63, 3.8) is 0 Å². The van der Waals surface area contributed by atoms with E-state index in [1.807, 2.05) is 17.5 Å². The van der Waals surface area contributed by atoms with Gasteiger partial charge in [0.15, 0.2) is 9.84 Å². The van der Waals surface area contributed by atoms with E-state index >= 15 is 0 Å². The van der Waals surface area contributed by atoms with Crippen LogP contribution in [0.2, 0.25) is 0 Å². The second-order valence-corrected chi connectivity index (χ2v) is 8.97. The largest absolute Gasteiger partial charge is 0.342 e. The predicted molar refractivity (Wildman–Crippen MR) is 79.4 cm³/mol. The summed E-state index contributed by atoms with van der Waals surface area (Å²) < 4.78 is 24.7. The first-order valence-corrected chi connectivity index (χ1v) is 9.68. The van der Waals surface area contributed by atoms with Crippen molar-refractivity contribution >= 4 is 27.1 Å². The number of nitrogens with zero attached hydrogens (tertiary/aromatic N) is 1. The summed E-state index contributed by atoms with van der Waals surface area (Å²) in [4.78, 5) is 14.8. The minimum absolute atomic E-state index is 0.0893. The molecule has 1 unspecified atom stereocenters. The monoisotopic (exact) mass is 313 g/mol. The number of hydrogen-bond acceptors (Lipinski definition) is 4. The van der Waals surface area contributed by atoms with Crippen molar-refractivity contribution in [2.75, 3.05) is 18.8 Å². The third kappa shape index (κ3) is 3.06. The predicted octanol–water partition coefficient (Wildman–Crippen LogP) is 2.24. The third-order valence-electron chi connectivity index (χ3n) is 4.11. The maximum atomic E-state index is 12.4. The van der Waals surface area contributed by atoms with Gasteiger partial charge in [-0.15, -0.1) is 11.3 Å². The quantitative estimate of drug-likeness (QED) is 0.860. The third-order valence-corrected chi connectivity index (χ3v) is 7.36. The number of carbonyl (C=O) groups excluding carboxylic acids is 1. The van der Waals surface area contributed by atoms with E-state index in [1.54, 1.807) is 4.90 Å². The van der Waals surface area contributed by atoms with Gasteiger partial charge in [0.05, 0.1) is 11.0 Å². The summed E-state index contributed by atoms with van der Waals surface area (Å²) in [6, 6.07) is 3.77. The van der Waals surface area contributed by atoms with Gasteiger partial charge in [0, 0.05) is 24.4 Å². The molecular formula is C14H19NO3S2. The second kappa shape index (κ2) is 5.48. The van der Waals surface area contributed by atoms with E-state index < -0.39 is 15.1 Å². The van der Waals surface area contributed by atoms with E-state index in [0.717, 1.165) is 17.7 Å². The lowest BCUT2D eigenvalue weighted by molar-refractivity contribution is -0.131. The van der Waals surface area contributed by atoms with Crippen LogP contribution in [0.15, 0.2) is 17.5 Å². The van der Waals surface area contributed by atoms with E-state index in [1.165, 1.54) is 11.3 Å². The molecule has 4 nitrogen and oxygen atoms in total. The van der Waals surface area contributed by atoms with Crippen LogP contribution in [0, 0.1) is 5.92 Å². The van der Waals surface area contributed by atoms with Crippen molar-refractivity contribution in [3.8, 4) is 0 Å². The molecular weight excluding hydrogens is 294 g/mol. The van der Waals surface area contributed by atoms with Gasteiger partial charge in [0.2, 0.25) is 5.91 Å². The molecule has 1 aliphatic heterocycles. The molecule has 6 heteroatoms. The number of carbonyl (C=O) groups is 1. The van der Waals surface area contributed by atoms with Crippen LogP contribution >= 0.6 is 11.3 Å². The Hall–Kier alpha value is -0.880. The average Bonchev–Trinajstić information content (AvgIpc) is 3.08. The van der Waals surface area contributed by atoms with Gasteiger partial charge in [-0.25, -0.2) is 8.42 Å². The molecule has 20 heavy (non-hydrogen) atoms. The molecule has 2 aliphatic rings. The van der Waals surface area contributed by atoms with Crippen molar-refractivity contribution in [2.24, 2.45) is 5.92 Å². The van der Waals surface area contributed by atoms with Crippen LogP contribution in [-0.4, -0.2) is 38.1 Å². The smallest absolute Gasteiger partial charge is 0.222 e. The van der Waals surface area contributed by atoms with E-state index in [2.05, 4.69) is 0 Å². The van der Waals surface area contributed by atoms with Gasteiger partial charge in [-0.05, 0) is 36.6 Å². The van der Waals surface area contributed by atoms with Crippen molar-refractivity contribution in [2.45, 2.75) is 30.9 Å². The molecule has 2 heterocycles. The second-order valence-electron chi connectivity index (χ2n) is 5.69. The molecule has 1 aliphatic carbocycles. The minimum atomic E-state index is -3.15. The van der Waals surface area contributed by atoms with Gasteiger partial charge >= 0.3 is 0 Å². The molecule has 110 valence electrons. The summed E-state index contributed by atoms with van der Waals surface area (Å²) in [5.41, 5.74) is 0. The van der Waals surface area contributed by atoms with E-state index in [-0.39, 0.29) is 11.7 Å². The fourth-order valence-corrected chi connectivity index (χ4v) is 5.69. The van der Waals surface area contributed by atoms with E-state index in [4.69, 9.17) is 0 Å². The van der Waals surface area contributed by atoms with Crippen molar-refractivity contribution < 1.29 is 13.2 Å². The van der Waals surface area contributed by atoms with Crippen LogP contribution in [0.1, 0.15) is 35.8 Å². The van der Waals surface area contributed by atoms with Gasteiger partial charge in [-0.2, -0.15) is 0 Å². The van der Waals surface area contributed by atoms with Crippen LogP contribution < -0.4 is 0 Å². The number of rotatable bonds is 3. The zero-order valence-corrected chi connectivity index (χ0v) is 13.0. The zero-order valence-electron chi connectivity index (χ0n) is 11.3. The summed E-state index contributed by atoms with van der Waals surface area (Å²) in [7, 11) is -3.15. The highest BCUT2D eigenvalue weighted by atomic mass is 32.2. The number of amides is 1. The average molecular weight is 313 g/mol. The Morgan fingerprint density at radius 3 is 2.75 bits per heavy atom. The van der Waals surface area contributed by atoms with Crippen LogP contribution in [0.3, 0.4) is 0 Å². The lowest BCUT2D eigenvalue weighted by Crippen LogP contribution is -2.33. The minimum Gasteiger partial charge on any atom is -0.342 e. The molecule has 0 N–H and O–H groups in total. The Balaban J connectivity index is 1.72. The standard InChI is InChI=1S/C14H19NO3S2/c16-14(10-11-3-4-11)15-6-5-13(12-2-1-8-19-12)20(17,18)9-7-15/h1-2,8,11,13H,3-7,9-10H2. The molecule has 1 atom stereocenters. The summed E-state index contributed by atoms with van der Waals surface area (Å²) in [6.07, 6.45) is 3.42. The van der Waals surface area contributed by atoms with Gasteiger partial charge in [-0.3, -0.25) is 4.79 Å². The summed E-state index contributed by atoms with van der Waals surface area (Å²) in [5, 5.41) is 1.48. The molecule has 1 saturated carbocycles.